The van der Waals surface area contributed by atoms with Crippen molar-refractivity contribution in [3.05, 3.63) is 33.8 Å². The van der Waals surface area contributed by atoms with Crippen LogP contribution in [-0.2, 0) is 9.53 Å². The Hall–Kier alpha value is -1.40. The molecule has 2 atom stereocenters. The highest BCUT2D eigenvalue weighted by molar-refractivity contribution is 9.10. The highest BCUT2D eigenvalue weighted by Crippen LogP contribution is 2.20. The van der Waals surface area contributed by atoms with Gasteiger partial charge in [-0.05, 0) is 31.5 Å². The lowest BCUT2D eigenvalue weighted by molar-refractivity contribution is -0.160. The lowest BCUT2D eigenvalue weighted by Gasteiger charge is -2.35. The molecule has 108 valence electrons. The largest absolute Gasteiger partial charge is 0.479 e. The van der Waals surface area contributed by atoms with Crippen molar-refractivity contribution in [1.82, 2.24) is 4.90 Å². The summed E-state index contributed by atoms with van der Waals surface area (Å²) in [6.45, 7) is 4.10. The Balaban J connectivity index is 2.23. The first-order chi connectivity index (χ1) is 9.38. The van der Waals surface area contributed by atoms with E-state index in [4.69, 9.17) is 9.84 Å². The molecule has 1 aliphatic heterocycles. The predicted octanol–water partition coefficient (Wildman–Crippen LogP) is 2.07. The molecule has 1 amide bonds. The normalized spacial score (nSPS) is 22.6. The van der Waals surface area contributed by atoms with Gasteiger partial charge in [0.05, 0.1) is 12.6 Å². The summed E-state index contributed by atoms with van der Waals surface area (Å²) in [7, 11) is 0. The van der Waals surface area contributed by atoms with E-state index in [1.165, 1.54) is 0 Å². The molecule has 5 nitrogen and oxygen atoms in total. The minimum Gasteiger partial charge on any atom is -0.479 e. The fourth-order valence-electron chi connectivity index (χ4n) is 2.25. The summed E-state index contributed by atoms with van der Waals surface area (Å²) >= 11 is 3.35. The van der Waals surface area contributed by atoms with Crippen LogP contribution in [0.1, 0.15) is 22.8 Å². The van der Waals surface area contributed by atoms with Crippen molar-refractivity contribution < 1.29 is 19.4 Å². The average molecular weight is 342 g/mol. The molecule has 1 aromatic rings. The fourth-order valence-corrected chi connectivity index (χ4v) is 2.61. The van der Waals surface area contributed by atoms with E-state index in [1.54, 1.807) is 17.9 Å². The molecule has 0 radical (unpaired) electrons. The molecule has 0 aromatic heterocycles. The van der Waals surface area contributed by atoms with E-state index < -0.39 is 12.1 Å². The Kier molecular flexibility index (Phi) is 4.45. The summed E-state index contributed by atoms with van der Waals surface area (Å²) < 4.78 is 6.14. The zero-order chi connectivity index (χ0) is 14.9. The quantitative estimate of drug-likeness (QED) is 0.894. The Labute approximate surface area is 125 Å². The molecule has 20 heavy (non-hydrogen) atoms. The van der Waals surface area contributed by atoms with Gasteiger partial charge in [-0.25, -0.2) is 4.79 Å². The van der Waals surface area contributed by atoms with Crippen LogP contribution in [0, 0.1) is 6.92 Å². The number of amides is 1. The first-order valence-corrected chi connectivity index (χ1v) is 7.11. The second-order valence-electron chi connectivity index (χ2n) is 4.94. The third kappa shape index (κ3) is 3.19. The Bertz CT molecular complexity index is 546. The molecule has 0 saturated carbocycles. The summed E-state index contributed by atoms with van der Waals surface area (Å²) in [5.74, 6) is -1.20. The van der Waals surface area contributed by atoms with Crippen LogP contribution >= 0.6 is 15.9 Å². The molecular weight excluding hydrogens is 326 g/mol. The number of aliphatic carboxylic acids is 1. The van der Waals surface area contributed by atoms with E-state index in [-0.39, 0.29) is 18.6 Å². The van der Waals surface area contributed by atoms with Crippen molar-refractivity contribution in [2.75, 3.05) is 13.1 Å². The van der Waals surface area contributed by atoms with E-state index in [0.717, 1.165) is 10.0 Å². The minimum atomic E-state index is -1.04. The van der Waals surface area contributed by atoms with Gasteiger partial charge >= 0.3 is 5.97 Å². The molecular formula is C14H16BrNO4. The van der Waals surface area contributed by atoms with Crippen LogP contribution in [-0.4, -0.2) is 47.2 Å². The van der Waals surface area contributed by atoms with Gasteiger partial charge in [0.25, 0.3) is 5.91 Å². The molecule has 1 heterocycles. The summed E-state index contributed by atoms with van der Waals surface area (Å²) in [5.41, 5.74) is 1.45. The van der Waals surface area contributed by atoms with Crippen LogP contribution in [0.3, 0.4) is 0 Å². The molecule has 1 fully saturated rings. The number of carbonyl (C=O) groups excluding carboxylic acids is 1. The number of nitrogens with zero attached hydrogens (tertiary/aromatic N) is 1. The zero-order valence-corrected chi connectivity index (χ0v) is 12.9. The highest BCUT2D eigenvalue weighted by atomic mass is 79.9. The minimum absolute atomic E-state index is 0.0739. The molecule has 0 bridgehead atoms. The Morgan fingerprint density at radius 2 is 2.10 bits per heavy atom. The van der Waals surface area contributed by atoms with Crippen LogP contribution in [0.25, 0.3) is 0 Å². The first kappa shape index (κ1) is 15.0. The van der Waals surface area contributed by atoms with E-state index in [0.29, 0.717) is 12.1 Å². The van der Waals surface area contributed by atoms with Gasteiger partial charge in [0.15, 0.2) is 6.10 Å². The van der Waals surface area contributed by atoms with Crippen LogP contribution in [0.2, 0.25) is 0 Å². The van der Waals surface area contributed by atoms with Gasteiger partial charge < -0.3 is 14.7 Å². The highest BCUT2D eigenvalue weighted by Gasteiger charge is 2.33. The number of ether oxygens (including phenoxy) is 1. The summed E-state index contributed by atoms with van der Waals surface area (Å²) in [6.07, 6.45) is -1.25. The van der Waals surface area contributed by atoms with Crippen LogP contribution in [0.5, 0.6) is 0 Å². The third-order valence-corrected chi connectivity index (χ3v) is 3.75. The number of rotatable bonds is 2. The van der Waals surface area contributed by atoms with E-state index >= 15 is 0 Å². The molecule has 1 saturated heterocycles. The maximum absolute atomic E-state index is 12.5. The maximum Gasteiger partial charge on any atom is 0.334 e. The van der Waals surface area contributed by atoms with Crippen LogP contribution < -0.4 is 0 Å². The number of halogens is 1. The number of carboxylic acids is 1. The van der Waals surface area contributed by atoms with Gasteiger partial charge in [-0.2, -0.15) is 0 Å². The lowest BCUT2D eigenvalue weighted by atomic mass is 10.1. The van der Waals surface area contributed by atoms with Gasteiger partial charge in [0.2, 0.25) is 0 Å². The standard InChI is InChI=1S/C14H16BrNO4/c1-8-3-4-10(15)5-11(8)13(17)16-6-9(2)20-12(7-16)14(18)19/h3-5,9,12H,6-7H2,1-2H3,(H,18,19)/t9-,12?/m1/s1. The van der Waals surface area contributed by atoms with Crippen molar-refractivity contribution in [1.29, 1.82) is 0 Å². The van der Waals surface area contributed by atoms with Crippen molar-refractivity contribution in [2.45, 2.75) is 26.1 Å². The zero-order valence-electron chi connectivity index (χ0n) is 11.3. The van der Waals surface area contributed by atoms with E-state index in [1.807, 2.05) is 19.1 Å². The summed E-state index contributed by atoms with van der Waals surface area (Å²) in [6, 6.07) is 5.48. The molecule has 0 spiro atoms. The van der Waals surface area contributed by atoms with Crippen molar-refractivity contribution in [3.8, 4) is 0 Å². The third-order valence-electron chi connectivity index (χ3n) is 3.25. The van der Waals surface area contributed by atoms with Crippen LogP contribution in [0.4, 0.5) is 0 Å². The smallest absolute Gasteiger partial charge is 0.334 e. The number of benzene rings is 1. The van der Waals surface area contributed by atoms with Gasteiger partial charge in [-0.3, -0.25) is 4.79 Å². The van der Waals surface area contributed by atoms with Crippen molar-refractivity contribution in [3.63, 3.8) is 0 Å². The number of aryl methyl sites for hydroxylation is 1. The van der Waals surface area contributed by atoms with E-state index in [2.05, 4.69) is 15.9 Å². The average Bonchev–Trinajstić information content (AvgIpc) is 2.40. The molecule has 1 aliphatic rings. The molecule has 0 aliphatic carbocycles. The fraction of sp³-hybridized carbons (Fsp3) is 0.429. The van der Waals surface area contributed by atoms with Crippen LogP contribution in [0.15, 0.2) is 22.7 Å². The Morgan fingerprint density at radius 3 is 2.75 bits per heavy atom. The molecule has 2 rings (SSSR count). The topological polar surface area (TPSA) is 66.8 Å². The monoisotopic (exact) mass is 341 g/mol. The summed E-state index contributed by atoms with van der Waals surface area (Å²) in [5, 5.41) is 9.05. The first-order valence-electron chi connectivity index (χ1n) is 6.32. The molecule has 1 aromatic carbocycles. The SMILES string of the molecule is Cc1ccc(Br)cc1C(=O)N1CC(C(=O)O)O[C@H](C)C1. The number of hydrogen-bond donors (Lipinski definition) is 1. The number of morpholine rings is 1. The van der Waals surface area contributed by atoms with Gasteiger partial charge in [0.1, 0.15) is 0 Å². The van der Waals surface area contributed by atoms with Gasteiger partial charge in [0, 0.05) is 16.6 Å². The van der Waals surface area contributed by atoms with Gasteiger partial charge in [-0.1, -0.05) is 22.0 Å². The van der Waals surface area contributed by atoms with E-state index in [9.17, 15) is 9.59 Å². The Morgan fingerprint density at radius 1 is 1.40 bits per heavy atom. The van der Waals surface area contributed by atoms with Crippen molar-refractivity contribution in [2.24, 2.45) is 0 Å². The number of carboxylic acid groups (broad SMARTS) is 1. The number of carbonyl (C=O) groups is 2. The maximum atomic E-state index is 12.5. The molecule has 1 N–H and O–H groups in total. The lowest BCUT2D eigenvalue weighted by Crippen LogP contribution is -2.51. The number of hydrogen-bond acceptors (Lipinski definition) is 3. The second-order valence-corrected chi connectivity index (χ2v) is 5.86. The second kappa shape index (κ2) is 5.93. The van der Waals surface area contributed by atoms with Gasteiger partial charge in [-0.15, -0.1) is 0 Å². The molecule has 1 unspecified atom stereocenters. The molecule has 6 heteroatoms. The van der Waals surface area contributed by atoms with Crippen molar-refractivity contribution >= 4 is 27.8 Å². The predicted molar refractivity (Wildman–Crippen MR) is 76.8 cm³/mol. The summed E-state index contributed by atoms with van der Waals surface area (Å²) in [4.78, 5) is 25.1.